The topological polar surface area (TPSA) is 27.0 Å². The molecule has 0 heterocycles. The fourth-order valence-electron chi connectivity index (χ4n) is 2.25. The summed E-state index contributed by atoms with van der Waals surface area (Å²) < 4.78 is 0. The Morgan fingerprint density at radius 1 is 1.17 bits per heavy atom. The molecule has 0 saturated heterocycles. The minimum atomic E-state index is -0.0171. The van der Waals surface area contributed by atoms with Crippen LogP contribution in [0, 0.1) is 39.0 Å². The molecule has 0 aliphatic rings. The van der Waals surface area contributed by atoms with Crippen molar-refractivity contribution in [3.63, 3.8) is 0 Å². The van der Waals surface area contributed by atoms with Gasteiger partial charge in [0.15, 0.2) is 0 Å². The van der Waals surface area contributed by atoms with Gasteiger partial charge in [-0.3, -0.25) is 4.90 Å². The molecular formula is C16H24N2. The largest absolute Gasteiger partial charge is 0.291 e. The summed E-state index contributed by atoms with van der Waals surface area (Å²) in [4.78, 5) is 2.11. The van der Waals surface area contributed by atoms with Crippen LogP contribution < -0.4 is 0 Å². The Balaban J connectivity index is 2.89. The first-order valence-electron chi connectivity index (χ1n) is 6.54. The first-order chi connectivity index (χ1) is 8.38. The quantitative estimate of drug-likeness (QED) is 0.812. The lowest BCUT2D eigenvalue weighted by atomic mass is 9.92. The highest BCUT2D eigenvalue weighted by molar-refractivity contribution is 5.44. The van der Waals surface area contributed by atoms with Gasteiger partial charge < -0.3 is 0 Å². The van der Waals surface area contributed by atoms with Crippen molar-refractivity contribution in [2.45, 2.75) is 47.1 Å². The highest BCUT2D eigenvalue weighted by Crippen LogP contribution is 2.22. The summed E-state index contributed by atoms with van der Waals surface area (Å²) >= 11 is 0. The number of likely N-dealkylation sites (N-methyl/N-ethyl adjacent to an activating group) is 1. The fourth-order valence-corrected chi connectivity index (χ4v) is 2.25. The second-order valence-electron chi connectivity index (χ2n) is 5.27. The Labute approximate surface area is 111 Å². The molecule has 1 rings (SSSR count). The molecule has 0 N–H and O–H groups in total. The maximum atomic E-state index is 8.91. The van der Waals surface area contributed by atoms with E-state index in [0.717, 1.165) is 13.0 Å². The number of nitriles is 1. The minimum absolute atomic E-state index is 0.0171. The van der Waals surface area contributed by atoms with Crippen LogP contribution in [0.5, 0.6) is 0 Å². The molecule has 2 heteroatoms. The van der Waals surface area contributed by atoms with E-state index < -0.39 is 0 Å². The SMILES string of the molecule is Cc1cc(C)c(C)c(CCN(C)C(C)C#N)c1C. The van der Waals surface area contributed by atoms with Gasteiger partial charge in [-0.15, -0.1) is 0 Å². The molecule has 0 saturated carbocycles. The standard InChI is InChI=1S/C16H24N2/c1-11-9-12(2)15(5)16(14(11)4)7-8-18(6)13(3)10-17/h9,13H,7-8H2,1-6H3. The van der Waals surface area contributed by atoms with Gasteiger partial charge in [-0.1, -0.05) is 6.07 Å². The molecule has 0 aromatic heterocycles. The highest BCUT2D eigenvalue weighted by Gasteiger charge is 2.11. The third kappa shape index (κ3) is 3.11. The molecule has 0 radical (unpaired) electrons. The van der Waals surface area contributed by atoms with Crippen LogP contribution in [0.25, 0.3) is 0 Å². The molecule has 1 aromatic carbocycles. The van der Waals surface area contributed by atoms with Crippen molar-refractivity contribution in [3.8, 4) is 6.07 Å². The molecule has 0 spiro atoms. The second-order valence-corrected chi connectivity index (χ2v) is 5.27. The molecule has 1 aromatic rings. The van der Waals surface area contributed by atoms with Crippen molar-refractivity contribution in [1.29, 1.82) is 5.26 Å². The van der Waals surface area contributed by atoms with E-state index in [9.17, 15) is 0 Å². The van der Waals surface area contributed by atoms with Gasteiger partial charge in [0.1, 0.15) is 0 Å². The van der Waals surface area contributed by atoms with Gasteiger partial charge in [0.2, 0.25) is 0 Å². The number of hydrogen-bond acceptors (Lipinski definition) is 2. The summed E-state index contributed by atoms with van der Waals surface area (Å²) in [7, 11) is 2.02. The van der Waals surface area contributed by atoms with E-state index in [1.54, 1.807) is 0 Å². The number of aryl methyl sites for hydroxylation is 2. The molecular weight excluding hydrogens is 220 g/mol. The maximum absolute atomic E-state index is 8.91. The number of nitrogens with zero attached hydrogens (tertiary/aromatic N) is 2. The fraction of sp³-hybridized carbons (Fsp3) is 0.562. The van der Waals surface area contributed by atoms with Gasteiger partial charge in [0, 0.05) is 6.54 Å². The molecule has 0 aliphatic heterocycles. The van der Waals surface area contributed by atoms with Gasteiger partial charge in [0.05, 0.1) is 12.1 Å². The zero-order valence-corrected chi connectivity index (χ0v) is 12.5. The summed E-state index contributed by atoms with van der Waals surface area (Å²) in [6.07, 6.45) is 1.02. The van der Waals surface area contributed by atoms with Crippen molar-refractivity contribution in [2.75, 3.05) is 13.6 Å². The van der Waals surface area contributed by atoms with Gasteiger partial charge in [-0.2, -0.15) is 5.26 Å². The van der Waals surface area contributed by atoms with Gasteiger partial charge in [-0.25, -0.2) is 0 Å². The molecule has 0 bridgehead atoms. The number of rotatable bonds is 4. The third-order valence-electron chi connectivity index (χ3n) is 4.08. The summed E-state index contributed by atoms with van der Waals surface area (Å²) in [6.45, 7) is 11.6. The van der Waals surface area contributed by atoms with E-state index in [1.807, 2.05) is 14.0 Å². The Kier molecular flexibility index (Phi) is 4.93. The number of benzene rings is 1. The van der Waals surface area contributed by atoms with Crippen molar-refractivity contribution in [1.82, 2.24) is 4.90 Å². The Hall–Kier alpha value is -1.33. The van der Waals surface area contributed by atoms with E-state index in [1.165, 1.54) is 27.8 Å². The van der Waals surface area contributed by atoms with Crippen LogP contribution in [0.2, 0.25) is 0 Å². The van der Waals surface area contributed by atoms with E-state index in [4.69, 9.17) is 5.26 Å². The lowest BCUT2D eigenvalue weighted by Gasteiger charge is -2.21. The molecule has 0 amide bonds. The van der Waals surface area contributed by atoms with Gasteiger partial charge >= 0.3 is 0 Å². The van der Waals surface area contributed by atoms with Gasteiger partial charge in [-0.05, 0) is 75.9 Å². The lowest BCUT2D eigenvalue weighted by Crippen LogP contribution is -2.30. The van der Waals surface area contributed by atoms with Crippen LogP contribution in [-0.4, -0.2) is 24.5 Å². The lowest BCUT2D eigenvalue weighted by molar-refractivity contribution is 0.306. The van der Waals surface area contributed by atoms with Gasteiger partial charge in [0.25, 0.3) is 0 Å². The monoisotopic (exact) mass is 244 g/mol. The second kappa shape index (κ2) is 6.02. The first-order valence-corrected chi connectivity index (χ1v) is 6.54. The van der Waals surface area contributed by atoms with Crippen LogP contribution in [0.1, 0.15) is 34.7 Å². The molecule has 2 nitrogen and oxygen atoms in total. The van der Waals surface area contributed by atoms with E-state index in [2.05, 4.69) is 44.7 Å². The summed E-state index contributed by atoms with van der Waals surface area (Å²) in [5, 5.41) is 8.91. The Morgan fingerprint density at radius 3 is 2.11 bits per heavy atom. The highest BCUT2D eigenvalue weighted by atomic mass is 15.1. The summed E-state index contributed by atoms with van der Waals surface area (Å²) in [5.74, 6) is 0. The molecule has 98 valence electrons. The van der Waals surface area contributed by atoms with Crippen LogP contribution in [0.4, 0.5) is 0 Å². The van der Waals surface area contributed by atoms with E-state index in [-0.39, 0.29) is 6.04 Å². The van der Waals surface area contributed by atoms with E-state index >= 15 is 0 Å². The Bertz CT molecular complexity index is 443. The smallest absolute Gasteiger partial charge is 0.0946 e. The zero-order chi connectivity index (χ0) is 13.9. The van der Waals surface area contributed by atoms with Crippen LogP contribution in [0.15, 0.2) is 6.07 Å². The molecule has 18 heavy (non-hydrogen) atoms. The minimum Gasteiger partial charge on any atom is -0.291 e. The van der Waals surface area contributed by atoms with Crippen molar-refractivity contribution < 1.29 is 0 Å². The van der Waals surface area contributed by atoms with Crippen molar-refractivity contribution in [2.24, 2.45) is 0 Å². The average Bonchev–Trinajstić information content (AvgIpc) is 2.35. The average molecular weight is 244 g/mol. The maximum Gasteiger partial charge on any atom is 0.0946 e. The van der Waals surface area contributed by atoms with Crippen molar-refractivity contribution in [3.05, 3.63) is 33.9 Å². The van der Waals surface area contributed by atoms with Crippen LogP contribution >= 0.6 is 0 Å². The first kappa shape index (κ1) is 14.7. The van der Waals surface area contributed by atoms with Crippen LogP contribution in [0.3, 0.4) is 0 Å². The normalized spacial score (nSPS) is 12.6. The van der Waals surface area contributed by atoms with Crippen LogP contribution in [-0.2, 0) is 6.42 Å². The zero-order valence-electron chi connectivity index (χ0n) is 12.5. The third-order valence-corrected chi connectivity index (χ3v) is 4.08. The van der Waals surface area contributed by atoms with E-state index in [0.29, 0.717) is 0 Å². The summed E-state index contributed by atoms with van der Waals surface area (Å²) in [6, 6.07) is 4.52. The predicted octanol–water partition coefficient (Wildman–Crippen LogP) is 3.31. The predicted molar refractivity (Wildman–Crippen MR) is 76.8 cm³/mol. The molecule has 0 fully saturated rings. The number of hydrogen-bond donors (Lipinski definition) is 0. The molecule has 0 aliphatic carbocycles. The summed E-state index contributed by atoms with van der Waals surface area (Å²) in [5.41, 5.74) is 6.98. The Morgan fingerprint density at radius 2 is 1.67 bits per heavy atom. The molecule has 1 unspecified atom stereocenters. The van der Waals surface area contributed by atoms with Crippen molar-refractivity contribution >= 4 is 0 Å². The molecule has 1 atom stereocenters.